The van der Waals surface area contributed by atoms with E-state index < -0.39 is 0 Å². The molecule has 2 aliphatic rings. The Balaban J connectivity index is 1.51. The number of hydrogen-bond donors (Lipinski definition) is 2. The van der Waals surface area contributed by atoms with Crippen LogP contribution in [0.1, 0.15) is 19.3 Å². The number of amides is 2. The minimum absolute atomic E-state index is 0.00167. The first-order chi connectivity index (χ1) is 11.1. The summed E-state index contributed by atoms with van der Waals surface area (Å²) in [5, 5.41) is 6.33. The van der Waals surface area contributed by atoms with E-state index in [4.69, 9.17) is 0 Å². The third-order valence-corrected chi connectivity index (χ3v) is 5.12. The molecule has 5 nitrogen and oxygen atoms in total. The van der Waals surface area contributed by atoms with Crippen LogP contribution in [0.4, 0.5) is 5.69 Å². The Labute approximate surface area is 144 Å². The standard InChI is InChI=1S/C17H22BrN3O2/c18-14-2-1-3-15(9-14)21-11-13(8-16(21)22)17(23)20-7-5-12-4-6-19-10-12/h1-3,9,12-13,19H,4-8,10-11H2,(H,20,23). The molecule has 0 spiro atoms. The molecule has 0 radical (unpaired) electrons. The molecule has 1 aromatic carbocycles. The lowest BCUT2D eigenvalue weighted by atomic mass is 10.0. The van der Waals surface area contributed by atoms with Gasteiger partial charge in [-0.05, 0) is 50.0 Å². The van der Waals surface area contributed by atoms with E-state index in [0.29, 0.717) is 25.4 Å². The van der Waals surface area contributed by atoms with Gasteiger partial charge >= 0.3 is 0 Å². The third-order valence-electron chi connectivity index (χ3n) is 4.63. The number of halogens is 1. The smallest absolute Gasteiger partial charge is 0.227 e. The van der Waals surface area contributed by atoms with Crippen LogP contribution in [-0.4, -0.2) is 38.0 Å². The molecule has 0 aliphatic carbocycles. The van der Waals surface area contributed by atoms with Crippen molar-refractivity contribution in [2.24, 2.45) is 11.8 Å². The van der Waals surface area contributed by atoms with E-state index in [2.05, 4.69) is 26.6 Å². The first-order valence-corrected chi connectivity index (χ1v) is 8.97. The Morgan fingerprint density at radius 1 is 1.43 bits per heavy atom. The highest BCUT2D eigenvalue weighted by Crippen LogP contribution is 2.27. The van der Waals surface area contributed by atoms with Crippen molar-refractivity contribution >= 4 is 33.4 Å². The quantitative estimate of drug-likeness (QED) is 0.821. The minimum atomic E-state index is -0.247. The Kier molecular flexibility index (Phi) is 5.33. The van der Waals surface area contributed by atoms with Crippen LogP contribution in [-0.2, 0) is 9.59 Å². The Bertz CT molecular complexity index is 587. The summed E-state index contributed by atoms with van der Waals surface area (Å²) in [6.45, 7) is 3.30. The van der Waals surface area contributed by atoms with Gasteiger partial charge in [0.1, 0.15) is 0 Å². The van der Waals surface area contributed by atoms with Crippen molar-refractivity contribution in [3.8, 4) is 0 Å². The molecule has 124 valence electrons. The maximum atomic E-state index is 12.3. The molecule has 23 heavy (non-hydrogen) atoms. The Morgan fingerprint density at radius 3 is 3.04 bits per heavy atom. The average Bonchev–Trinajstić information content (AvgIpc) is 3.16. The van der Waals surface area contributed by atoms with Crippen molar-refractivity contribution < 1.29 is 9.59 Å². The van der Waals surface area contributed by atoms with Crippen LogP contribution in [0.25, 0.3) is 0 Å². The van der Waals surface area contributed by atoms with Gasteiger partial charge in [-0.2, -0.15) is 0 Å². The summed E-state index contributed by atoms with van der Waals surface area (Å²) in [5.74, 6) is 0.437. The fourth-order valence-electron chi connectivity index (χ4n) is 3.28. The van der Waals surface area contributed by atoms with Gasteiger partial charge in [0.25, 0.3) is 0 Å². The van der Waals surface area contributed by atoms with Crippen molar-refractivity contribution in [2.75, 3.05) is 31.1 Å². The first kappa shape index (κ1) is 16.5. The highest BCUT2D eigenvalue weighted by atomic mass is 79.9. The molecule has 2 atom stereocenters. The molecule has 3 rings (SSSR count). The minimum Gasteiger partial charge on any atom is -0.356 e. The second-order valence-electron chi connectivity index (χ2n) is 6.32. The van der Waals surface area contributed by atoms with Gasteiger partial charge in [-0.3, -0.25) is 9.59 Å². The average molecular weight is 380 g/mol. The lowest BCUT2D eigenvalue weighted by Gasteiger charge is -2.17. The van der Waals surface area contributed by atoms with Gasteiger partial charge in [0.15, 0.2) is 0 Å². The van der Waals surface area contributed by atoms with E-state index in [9.17, 15) is 9.59 Å². The van der Waals surface area contributed by atoms with Gasteiger partial charge in [-0.25, -0.2) is 0 Å². The van der Waals surface area contributed by atoms with Gasteiger partial charge in [0.2, 0.25) is 11.8 Å². The zero-order chi connectivity index (χ0) is 16.2. The van der Waals surface area contributed by atoms with Gasteiger partial charge in [0.05, 0.1) is 5.92 Å². The summed E-state index contributed by atoms with van der Waals surface area (Å²) >= 11 is 3.42. The topological polar surface area (TPSA) is 61.4 Å². The molecular weight excluding hydrogens is 358 g/mol. The number of rotatable bonds is 5. The molecule has 2 saturated heterocycles. The summed E-state index contributed by atoms with van der Waals surface area (Å²) in [6, 6.07) is 7.63. The van der Waals surface area contributed by atoms with Crippen LogP contribution in [0.5, 0.6) is 0 Å². The van der Waals surface area contributed by atoms with Crippen molar-refractivity contribution in [3.63, 3.8) is 0 Å². The number of hydrogen-bond acceptors (Lipinski definition) is 3. The van der Waals surface area contributed by atoms with Crippen molar-refractivity contribution in [1.82, 2.24) is 10.6 Å². The molecule has 6 heteroatoms. The third kappa shape index (κ3) is 4.12. The van der Waals surface area contributed by atoms with Crippen molar-refractivity contribution in [2.45, 2.75) is 19.3 Å². The summed E-state index contributed by atoms with van der Waals surface area (Å²) in [4.78, 5) is 26.2. The predicted molar refractivity (Wildman–Crippen MR) is 93.2 cm³/mol. The summed E-state index contributed by atoms with van der Waals surface area (Å²) in [6.07, 6.45) is 2.49. The summed E-state index contributed by atoms with van der Waals surface area (Å²) in [7, 11) is 0. The molecule has 2 aliphatic heterocycles. The molecule has 2 heterocycles. The van der Waals surface area contributed by atoms with Crippen LogP contribution < -0.4 is 15.5 Å². The van der Waals surface area contributed by atoms with Crippen LogP contribution in [0.15, 0.2) is 28.7 Å². The van der Waals surface area contributed by atoms with Crippen LogP contribution in [0, 0.1) is 11.8 Å². The second kappa shape index (κ2) is 7.45. The van der Waals surface area contributed by atoms with E-state index >= 15 is 0 Å². The number of nitrogens with zero attached hydrogens (tertiary/aromatic N) is 1. The van der Waals surface area contributed by atoms with Gasteiger partial charge in [-0.1, -0.05) is 22.0 Å². The molecule has 1 aromatic rings. The lowest BCUT2D eigenvalue weighted by molar-refractivity contribution is -0.126. The molecule has 2 fully saturated rings. The highest BCUT2D eigenvalue weighted by Gasteiger charge is 2.35. The molecule has 0 bridgehead atoms. The van der Waals surface area contributed by atoms with E-state index in [1.807, 2.05) is 24.3 Å². The van der Waals surface area contributed by atoms with Gasteiger partial charge < -0.3 is 15.5 Å². The highest BCUT2D eigenvalue weighted by molar-refractivity contribution is 9.10. The summed E-state index contributed by atoms with van der Waals surface area (Å²) in [5.41, 5.74) is 0.844. The predicted octanol–water partition coefficient (Wildman–Crippen LogP) is 1.92. The Hall–Kier alpha value is -1.40. The lowest BCUT2D eigenvalue weighted by Crippen LogP contribution is -2.34. The zero-order valence-electron chi connectivity index (χ0n) is 13.1. The largest absolute Gasteiger partial charge is 0.356 e. The number of carbonyl (C=O) groups is 2. The molecular formula is C17H22BrN3O2. The number of carbonyl (C=O) groups excluding carboxylic acids is 2. The van der Waals surface area contributed by atoms with Crippen molar-refractivity contribution in [3.05, 3.63) is 28.7 Å². The van der Waals surface area contributed by atoms with Crippen LogP contribution in [0.3, 0.4) is 0 Å². The molecule has 2 N–H and O–H groups in total. The van der Waals surface area contributed by atoms with E-state index in [1.54, 1.807) is 4.90 Å². The Morgan fingerprint density at radius 2 is 2.30 bits per heavy atom. The first-order valence-electron chi connectivity index (χ1n) is 8.18. The number of nitrogens with one attached hydrogen (secondary N) is 2. The fraction of sp³-hybridized carbons (Fsp3) is 0.529. The van der Waals surface area contributed by atoms with Crippen LogP contribution in [0.2, 0.25) is 0 Å². The normalized spacial score (nSPS) is 24.2. The maximum absolute atomic E-state index is 12.3. The fourth-order valence-corrected chi connectivity index (χ4v) is 3.67. The molecule has 0 aromatic heterocycles. The van der Waals surface area contributed by atoms with E-state index in [0.717, 1.165) is 29.7 Å². The molecule has 0 saturated carbocycles. The zero-order valence-corrected chi connectivity index (χ0v) is 14.6. The van der Waals surface area contributed by atoms with Crippen LogP contribution >= 0.6 is 15.9 Å². The second-order valence-corrected chi connectivity index (χ2v) is 7.24. The van der Waals surface area contributed by atoms with Crippen molar-refractivity contribution in [1.29, 1.82) is 0 Å². The number of anilines is 1. The molecule has 2 amide bonds. The number of benzene rings is 1. The van der Waals surface area contributed by atoms with Gasteiger partial charge in [-0.15, -0.1) is 0 Å². The molecule has 2 unspecified atom stereocenters. The summed E-state index contributed by atoms with van der Waals surface area (Å²) < 4.78 is 0.931. The van der Waals surface area contributed by atoms with Gasteiger partial charge in [0, 0.05) is 29.7 Å². The monoisotopic (exact) mass is 379 g/mol. The SMILES string of the molecule is O=C(NCCC1CCNC1)C1CC(=O)N(c2cccc(Br)c2)C1. The van der Waals surface area contributed by atoms with E-state index in [1.165, 1.54) is 6.42 Å². The maximum Gasteiger partial charge on any atom is 0.227 e. The van der Waals surface area contributed by atoms with E-state index in [-0.39, 0.29) is 17.7 Å².